The van der Waals surface area contributed by atoms with Crippen molar-refractivity contribution in [3.63, 3.8) is 0 Å². The van der Waals surface area contributed by atoms with Gasteiger partial charge in [-0.25, -0.2) is 13.1 Å². The molecule has 0 atom stereocenters. The molecule has 0 bridgehead atoms. The van der Waals surface area contributed by atoms with Crippen molar-refractivity contribution in [2.24, 2.45) is 0 Å². The maximum Gasteiger partial charge on any atom is 0.240 e. The Morgan fingerprint density at radius 1 is 1.33 bits per heavy atom. The molecule has 1 aliphatic carbocycles. The maximum atomic E-state index is 12.1. The van der Waals surface area contributed by atoms with Crippen LogP contribution in [0.1, 0.15) is 31.2 Å². The highest BCUT2D eigenvalue weighted by atomic mass is 35.5. The molecule has 1 N–H and O–H groups in total. The van der Waals surface area contributed by atoms with Crippen LogP contribution in [0.15, 0.2) is 23.1 Å². The smallest absolute Gasteiger partial charge is 0.208 e. The van der Waals surface area contributed by atoms with Crippen molar-refractivity contribution in [3.8, 4) is 6.07 Å². The van der Waals surface area contributed by atoms with Crippen molar-refractivity contribution >= 4 is 21.6 Å². The Morgan fingerprint density at radius 3 is 2.56 bits per heavy atom. The first kappa shape index (κ1) is 13.3. The zero-order valence-electron chi connectivity index (χ0n) is 9.69. The summed E-state index contributed by atoms with van der Waals surface area (Å²) in [6.07, 6.45) is 3.87. The van der Waals surface area contributed by atoms with Gasteiger partial charge in [0.1, 0.15) is 6.07 Å². The lowest BCUT2D eigenvalue weighted by Gasteiger charge is -2.12. The fourth-order valence-electron chi connectivity index (χ4n) is 2.08. The lowest BCUT2D eigenvalue weighted by molar-refractivity contribution is 0.552. The summed E-state index contributed by atoms with van der Waals surface area (Å²) >= 11 is 5.84. The molecule has 1 aromatic carbocycles. The first-order valence-corrected chi connectivity index (χ1v) is 7.61. The number of hydrogen-bond acceptors (Lipinski definition) is 3. The largest absolute Gasteiger partial charge is 0.240 e. The van der Waals surface area contributed by atoms with Crippen molar-refractivity contribution in [2.75, 3.05) is 0 Å². The van der Waals surface area contributed by atoms with Crippen LogP contribution in [-0.2, 0) is 10.0 Å². The zero-order chi connectivity index (χ0) is 13.2. The summed E-state index contributed by atoms with van der Waals surface area (Å²) in [5, 5.41) is 8.90. The van der Waals surface area contributed by atoms with Crippen LogP contribution in [-0.4, -0.2) is 14.5 Å². The van der Waals surface area contributed by atoms with E-state index < -0.39 is 10.0 Å². The average molecular weight is 285 g/mol. The molecule has 18 heavy (non-hydrogen) atoms. The molecule has 96 valence electrons. The number of rotatable bonds is 3. The molecule has 1 aromatic rings. The van der Waals surface area contributed by atoms with E-state index in [2.05, 4.69) is 4.72 Å². The third kappa shape index (κ3) is 2.83. The third-order valence-corrected chi connectivity index (χ3v) is 4.88. The number of hydrogen-bond donors (Lipinski definition) is 1. The molecule has 0 aliphatic heterocycles. The van der Waals surface area contributed by atoms with Crippen LogP contribution in [0, 0.1) is 11.3 Å². The fourth-order valence-corrected chi connectivity index (χ4v) is 3.70. The minimum absolute atomic E-state index is 0.0180. The second-order valence-corrected chi connectivity index (χ2v) is 6.48. The summed E-state index contributed by atoms with van der Waals surface area (Å²) in [4.78, 5) is 0.110. The van der Waals surface area contributed by atoms with Crippen LogP contribution >= 0.6 is 11.6 Å². The minimum Gasteiger partial charge on any atom is -0.208 e. The SMILES string of the molecule is N#Cc1ccc(S(=O)(=O)NC2CCCC2)cc1Cl. The molecule has 1 saturated carbocycles. The number of nitrogens with zero attached hydrogens (tertiary/aromatic N) is 1. The Labute approximate surface area is 112 Å². The first-order valence-electron chi connectivity index (χ1n) is 5.75. The molecule has 2 rings (SSSR count). The molecule has 0 aromatic heterocycles. The molecule has 1 aliphatic rings. The number of sulfonamides is 1. The van der Waals surface area contributed by atoms with Gasteiger partial charge in [-0.3, -0.25) is 0 Å². The van der Waals surface area contributed by atoms with Crippen LogP contribution in [0.4, 0.5) is 0 Å². The van der Waals surface area contributed by atoms with Gasteiger partial charge in [-0.2, -0.15) is 5.26 Å². The molecule has 6 heteroatoms. The second-order valence-electron chi connectivity index (χ2n) is 4.36. The summed E-state index contributed by atoms with van der Waals surface area (Å²) in [6, 6.07) is 6.06. The summed E-state index contributed by atoms with van der Waals surface area (Å²) in [6.45, 7) is 0. The van der Waals surface area contributed by atoms with Crippen molar-refractivity contribution in [1.82, 2.24) is 4.72 Å². The lowest BCUT2D eigenvalue weighted by atomic mass is 10.2. The van der Waals surface area contributed by atoms with Gasteiger partial charge in [-0.15, -0.1) is 0 Å². The van der Waals surface area contributed by atoms with Crippen LogP contribution in [0.5, 0.6) is 0 Å². The number of benzene rings is 1. The van der Waals surface area contributed by atoms with Gasteiger partial charge in [-0.1, -0.05) is 24.4 Å². The molecule has 4 nitrogen and oxygen atoms in total. The van der Waals surface area contributed by atoms with Gasteiger partial charge in [0, 0.05) is 6.04 Å². The molecule has 0 spiro atoms. The standard InChI is InChI=1S/C12H13ClN2O2S/c13-12-7-11(6-5-9(12)8-14)18(16,17)15-10-3-1-2-4-10/h5-7,10,15H,1-4H2. The molecule has 1 fully saturated rings. The maximum absolute atomic E-state index is 12.1. The Bertz CT molecular complexity index is 587. The predicted molar refractivity (Wildman–Crippen MR) is 68.7 cm³/mol. The van der Waals surface area contributed by atoms with Gasteiger partial charge in [0.25, 0.3) is 0 Å². The third-order valence-electron chi connectivity index (χ3n) is 3.05. The van der Waals surface area contributed by atoms with E-state index in [4.69, 9.17) is 16.9 Å². The summed E-state index contributed by atoms with van der Waals surface area (Å²) in [5.74, 6) is 0. The van der Waals surface area contributed by atoms with Crippen LogP contribution in [0.25, 0.3) is 0 Å². The Balaban J connectivity index is 2.24. The van der Waals surface area contributed by atoms with E-state index in [1.165, 1.54) is 18.2 Å². The van der Waals surface area contributed by atoms with Crippen LogP contribution in [0.2, 0.25) is 5.02 Å². The minimum atomic E-state index is -3.54. The predicted octanol–water partition coefficient (Wildman–Crippen LogP) is 2.43. The highest BCUT2D eigenvalue weighted by Gasteiger charge is 2.23. The van der Waals surface area contributed by atoms with E-state index in [0.29, 0.717) is 0 Å². The fraction of sp³-hybridized carbons (Fsp3) is 0.417. The van der Waals surface area contributed by atoms with Crippen molar-refractivity contribution < 1.29 is 8.42 Å². The van der Waals surface area contributed by atoms with E-state index >= 15 is 0 Å². The Hall–Kier alpha value is -1.09. The van der Waals surface area contributed by atoms with Crippen molar-refractivity contribution in [2.45, 2.75) is 36.6 Å². The molecule has 0 saturated heterocycles. The monoisotopic (exact) mass is 284 g/mol. The van der Waals surface area contributed by atoms with Gasteiger partial charge >= 0.3 is 0 Å². The van der Waals surface area contributed by atoms with Gasteiger partial charge in [0.05, 0.1) is 15.5 Å². The van der Waals surface area contributed by atoms with Crippen LogP contribution < -0.4 is 4.72 Å². The van der Waals surface area contributed by atoms with Crippen molar-refractivity contribution in [1.29, 1.82) is 5.26 Å². The second kappa shape index (κ2) is 5.27. The first-order chi connectivity index (χ1) is 8.53. The Kier molecular flexibility index (Phi) is 3.91. The van der Waals surface area contributed by atoms with E-state index in [-0.39, 0.29) is 21.5 Å². The Morgan fingerprint density at radius 2 is 2.00 bits per heavy atom. The normalized spacial score (nSPS) is 16.7. The molecular formula is C12H13ClN2O2S. The molecule has 0 radical (unpaired) electrons. The van der Waals surface area contributed by atoms with Gasteiger partial charge in [0.15, 0.2) is 0 Å². The summed E-state index contributed by atoms with van der Waals surface area (Å²) < 4.78 is 26.8. The van der Waals surface area contributed by atoms with Gasteiger partial charge in [-0.05, 0) is 31.0 Å². The van der Waals surface area contributed by atoms with Crippen molar-refractivity contribution in [3.05, 3.63) is 28.8 Å². The topological polar surface area (TPSA) is 70.0 Å². The van der Waals surface area contributed by atoms with Gasteiger partial charge < -0.3 is 0 Å². The highest BCUT2D eigenvalue weighted by molar-refractivity contribution is 7.89. The molecule has 0 heterocycles. The quantitative estimate of drug-likeness (QED) is 0.927. The molecular weight excluding hydrogens is 272 g/mol. The number of nitrogens with one attached hydrogen (secondary N) is 1. The van der Waals surface area contributed by atoms with E-state index in [0.717, 1.165) is 25.7 Å². The van der Waals surface area contributed by atoms with E-state index in [9.17, 15) is 8.42 Å². The number of halogens is 1. The van der Waals surface area contributed by atoms with E-state index in [1.807, 2.05) is 6.07 Å². The summed E-state index contributed by atoms with van der Waals surface area (Å²) in [7, 11) is -3.54. The van der Waals surface area contributed by atoms with E-state index in [1.54, 1.807) is 0 Å². The average Bonchev–Trinajstić information content (AvgIpc) is 2.81. The molecule has 0 unspecified atom stereocenters. The van der Waals surface area contributed by atoms with Gasteiger partial charge in [0.2, 0.25) is 10.0 Å². The lowest BCUT2D eigenvalue weighted by Crippen LogP contribution is -2.32. The molecule has 0 amide bonds. The van der Waals surface area contributed by atoms with Crippen LogP contribution in [0.3, 0.4) is 0 Å². The summed E-state index contributed by atoms with van der Waals surface area (Å²) in [5.41, 5.74) is 0.275. The highest BCUT2D eigenvalue weighted by Crippen LogP contribution is 2.23. The number of nitriles is 1. The zero-order valence-corrected chi connectivity index (χ0v) is 11.3.